The van der Waals surface area contributed by atoms with E-state index in [-0.39, 0.29) is 0 Å². The molecule has 0 heterocycles. The Morgan fingerprint density at radius 2 is 1.87 bits per heavy atom. The molecular weight excluding hydrogens is 210 g/mol. The number of ether oxygens (including phenoxy) is 2. The molecule has 4 heteroatoms. The minimum absolute atomic E-state index is 0.518. The number of hydrogen-bond acceptors (Lipinski definition) is 4. The Bertz CT molecular complexity index is 322. The number of rotatable bonds is 4. The molecule has 0 spiro atoms. The van der Waals surface area contributed by atoms with Gasteiger partial charge >= 0.3 is 0 Å². The Morgan fingerprint density at radius 3 is 2.33 bits per heavy atom. The number of methoxy groups -OCH3 is 1. The molecule has 0 aliphatic rings. The molecule has 1 rings (SSSR count). The molecule has 1 aromatic rings. The fraction of sp³-hybridized carbons (Fsp3) is 0.364. The van der Waals surface area contributed by atoms with Crippen LogP contribution in [-0.2, 0) is 0 Å². The number of benzene rings is 1. The molecule has 0 atom stereocenters. The molecular formula is C11H15NO2S. The zero-order valence-corrected chi connectivity index (χ0v) is 10.0. The monoisotopic (exact) mass is 225 g/mol. The van der Waals surface area contributed by atoms with Crippen molar-refractivity contribution in [3.63, 3.8) is 0 Å². The van der Waals surface area contributed by atoms with Crippen LogP contribution in [0.3, 0.4) is 0 Å². The second-order valence-corrected chi connectivity index (χ2v) is 3.67. The summed E-state index contributed by atoms with van der Waals surface area (Å²) >= 11 is 1.60. The summed E-state index contributed by atoms with van der Waals surface area (Å²) in [5.41, 5.74) is 0. The lowest BCUT2D eigenvalue weighted by Gasteiger charge is -2.07. The third-order valence-corrected chi connectivity index (χ3v) is 2.68. The maximum atomic E-state index is 5.54. The van der Waals surface area contributed by atoms with Gasteiger partial charge in [-0.1, -0.05) is 0 Å². The first-order valence-electron chi connectivity index (χ1n) is 4.56. The van der Waals surface area contributed by atoms with Crippen molar-refractivity contribution >= 4 is 16.8 Å². The second kappa shape index (κ2) is 6.35. The second-order valence-electron chi connectivity index (χ2n) is 2.79. The van der Waals surface area contributed by atoms with Crippen molar-refractivity contribution in [1.82, 2.24) is 0 Å². The van der Waals surface area contributed by atoms with E-state index in [2.05, 4.69) is 4.99 Å². The van der Waals surface area contributed by atoms with E-state index >= 15 is 0 Å². The van der Waals surface area contributed by atoms with Crippen LogP contribution in [0, 0.1) is 0 Å². The molecule has 0 radical (unpaired) electrons. The van der Waals surface area contributed by atoms with Gasteiger partial charge in [-0.2, -0.15) is 0 Å². The van der Waals surface area contributed by atoms with E-state index in [1.807, 2.05) is 30.5 Å². The molecule has 0 aliphatic heterocycles. The number of thioether (sulfide) groups is 1. The van der Waals surface area contributed by atoms with Crippen LogP contribution in [-0.4, -0.2) is 32.1 Å². The molecule has 0 N–H and O–H groups in total. The summed E-state index contributed by atoms with van der Waals surface area (Å²) in [6, 6.07) is 7.51. The predicted octanol–water partition coefficient (Wildman–Crippen LogP) is 2.47. The normalized spacial score (nSPS) is 11.3. The Balaban J connectivity index is 2.51. The molecule has 0 aliphatic carbocycles. The van der Waals surface area contributed by atoms with Crippen LogP contribution in [0.1, 0.15) is 0 Å². The largest absolute Gasteiger partial charge is 0.497 e. The lowest BCUT2D eigenvalue weighted by molar-refractivity contribution is 0.376. The fourth-order valence-corrected chi connectivity index (χ4v) is 1.39. The van der Waals surface area contributed by atoms with Crippen LogP contribution in [0.4, 0.5) is 0 Å². The van der Waals surface area contributed by atoms with Gasteiger partial charge in [0.2, 0.25) is 0 Å². The number of aliphatic imine (C=N–C) groups is 1. The smallest absolute Gasteiger partial charge is 0.136 e. The van der Waals surface area contributed by atoms with Crippen molar-refractivity contribution in [2.45, 2.75) is 0 Å². The maximum absolute atomic E-state index is 5.54. The molecule has 0 bridgehead atoms. The third-order valence-electron chi connectivity index (χ3n) is 1.91. The molecule has 0 unspecified atom stereocenters. The van der Waals surface area contributed by atoms with E-state index in [1.165, 1.54) is 0 Å². The van der Waals surface area contributed by atoms with Crippen LogP contribution < -0.4 is 9.47 Å². The average molecular weight is 225 g/mol. The first-order chi connectivity index (χ1) is 7.30. The summed E-state index contributed by atoms with van der Waals surface area (Å²) in [6.45, 7) is 0.518. The van der Waals surface area contributed by atoms with Gasteiger partial charge in [-0.05, 0) is 30.5 Å². The number of hydrogen-bond donors (Lipinski definition) is 0. The van der Waals surface area contributed by atoms with Gasteiger partial charge in [-0.25, -0.2) is 0 Å². The molecule has 0 aromatic heterocycles. The van der Waals surface area contributed by atoms with E-state index in [0.717, 1.165) is 16.5 Å². The van der Waals surface area contributed by atoms with Gasteiger partial charge in [0.25, 0.3) is 0 Å². The molecule has 82 valence electrons. The summed E-state index contributed by atoms with van der Waals surface area (Å²) < 4.78 is 10.6. The predicted molar refractivity (Wildman–Crippen MR) is 65.4 cm³/mol. The summed E-state index contributed by atoms with van der Waals surface area (Å²) in [7, 11) is 3.41. The van der Waals surface area contributed by atoms with Gasteiger partial charge in [-0.15, -0.1) is 11.8 Å². The van der Waals surface area contributed by atoms with Crippen molar-refractivity contribution in [1.29, 1.82) is 0 Å². The Morgan fingerprint density at radius 1 is 1.27 bits per heavy atom. The highest BCUT2D eigenvalue weighted by atomic mass is 32.2. The van der Waals surface area contributed by atoms with Crippen LogP contribution >= 0.6 is 11.8 Å². The van der Waals surface area contributed by atoms with Crippen LogP contribution in [0.15, 0.2) is 29.3 Å². The van der Waals surface area contributed by atoms with Gasteiger partial charge in [0.1, 0.15) is 23.1 Å². The summed E-state index contributed by atoms with van der Waals surface area (Å²) in [6.07, 6.45) is 1.99. The highest BCUT2D eigenvalue weighted by molar-refractivity contribution is 8.13. The molecule has 15 heavy (non-hydrogen) atoms. The Hall–Kier alpha value is -1.16. The maximum Gasteiger partial charge on any atom is 0.136 e. The van der Waals surface area contributed by atoms with Crippen LogP contribution in [0.25, 0.3) is 0 Å². The van der Waals surface area contributed by atoms with E-state index in [1.54, 1.807) is 25.9 Å². The summed E-state index contributed by atoms with van der Waals surface area (Å²) in [4.78, 5) is 4.09. The molecule has 0 amide bonds. The zero-order valence-electron chi connectivity index (χ0n) is 9.19. The van der Waals surface area contributed by atoms with Crippen LogP contribution in [0.2, 0.25) is 0 Å². The Kier molecular flexibility index (Phi) is 5.04. The Labute approximate surface area is 94.5 Å². The lowest BCUT2D eigenvalue weighted by Crippen LogP contribution is -2.07. The minimum atomic E-state index is 0.518. The molecule has 0 saturated heterocycles. The highest BCUT2D eigenvalue weighted by Gasteiger charge is 1.98. The van der Waals surface area contributed by atoms with Crippen molar-refractivity contribution in [3.8, 4) is 11.5 Å². The summed E-state index contributed by atoms with van der Waals surface area (Å²) in [5, 5.41) is 0.978. The topological polar surface area (TPSA) is 30.8 Å². The minimum Gasteiger partial charge on any atom is -0.497 e. The quantitative estimate of drug-likeness (QED) is 0.582. The van der Waals surface area contributed by atoms with E-state index < -0.39 is 0 Å². The zero-order chi connectivity index (χ0) is 11.1. The van der Waals surface area contributed by atoms with E-state index in [0.29, 0.717) is 6.61 Å². The van der Waals surface area contributed by atoms with Gasteiger partial charge in [-0.3, -0.25) is 4.99 Å². The van der Waals surface area contributed by atoms with Crippen molar-refractivity contribution in [2.75, 3.05) is 27.0 Å². The SMILES string of the molecule is CN=C(COc1ccc(OC)cc1)SC. The first kappa shape index (κ1) is 11.9. The molecule has 3 nitrogen and oxygen atoms in total. The van der Waals surface area contributed by atoms with Gasteiger partial charge < -0.3 is 9.47 Å². The molecule has 0 saturated carbocycles. The lowest BCUT2D eigenvalue weighted by atomic mass is 10.3. The van der Waals surface area contributed by atoms with Gasteiger partial charge in [0, 0.05) is 7.05 Å². The summed E-state index contributed by atoms with van der Waals surface area (Å²) in [5.74, 6) is 1.66. The van der Waals surface area contributed by atoms with E-state index in [9.17, 15) is 0 Å². The van der Waals surface area contributed by atoms with Gasteiger partial charge in [0.05, 0.1) is 7.11 Å². The van der Waals surface area contributed by atoms with Gasteiger partial charge in [0.15, 0.2) is 0 Å². The number of nitrogens with zero attached hydrogens (tertiary/aromatic N) is 1. The third kappa shape index (κ3) is 3.83. The highest BCUT2D eigenvalue weighted by Crippen LogP contribution is 2.17. The van der Waals surface area contributed by atoms with Crippen LogP contribution in [0.5, 0.6) is 11.5 Å². The molecule has 1 aromatic carbocycles. The van der Waals surface area contributed by atoms with Crippen molar-refractivity contribution in [3.05, 3.63) is 24.3 Å². The van der Waals surface area contributed by atoms with E-state index in [4.69, 9.17) is 9.47 Å². The van der Waals surface area contributed by atoms with Crippen molar-refractivity contribution < 1.29 is 9.47 Å². The average Bonchev–Trinajstić information content (AvgIpc) is 2.31. The fourth-order valence-electron chi connectivity index (χ4n) is 1.03. The van der Waals surface area contributed by atoms with Crippen molar-refractivity contribution in [2.24, 2.45) is 4.99 Å². The molecule has 0 fully saturated rings. The standard InChI is InChI=1S/C11H15NO2S/c1-12-11(15-3)8-14-10-6-4-9(13-2)5-7-10/h4-7H,8H2,1-3H3. The first-order valence-corrected chi connectivity index (χ1v) is 5.79.